The van der Waals surface area contributed by atoms with E-state index in [9.17, 15) is 0 Å². The number of nitrogens with zero attached hydrogens (tertiary/aromatic N) is 1. The highest BCUT2D eigenvalue weighted by atomic mass is 16.5. The molecule has 0 saturated carbocycles. The lowest BCUT2D eigenvalue weighted by Crippen LogP contribution is -2.41. The molecule has 1 unspecified atom stereocenters. The predicted octanol–water partition coefficient (Wildman–Crippen LogP) is 1.04. The van der Waals surface area contributed by atoms with E-state index in [1.807, 2.05) is 0 Å². The second-order valence-corrected chi connectivity index (χ2v) is 3.22. The molecular formula is C9H15NO. The number of allylic oxidation sites excluding steroid dienone is 1. The van der Waals surface area contributed by atoms with E-state index in [-0.39, 0.29) is 0 Å². The van der Waals surface area contributed by atoms with Gasteiger partial charge in [-0.3, -0.25) is 4.90 Å². The average Bonchev–Trinajstić information content (AvgIpc) is 2.58. The lowest BCUT2D eigenvalue weighted by molar-refractivity contribution is 0.0257. The molecule has 0 aromatic heterocycles. The summed E-state index contributed by atoms with van der Waals surface area (Å²) in [4.78, 5) is 2.52. The van der Waals surface area contributed by atoms with Crippen LogP contribution in [-0.2, 0) is 4.74 Å². The molecule has 0 aromatic carbocycles. The minimum Gasteiger partial charge on any atom is -0.379 e. The Labute approximate surface area is 67.8 Å². The summed E-state index contributed by atoms with van der Waals surface area (Å²) < 4.78 is 5.29. The second kappa shape index (κ2) is 3.37. The number of rotatable bonds is 1. The number of ether oxygens (including phenoxy) is 1. The SMILES string of the molecule is C1=CC(N2CCOCC2)CC1. The molecule has 2 heteroatoms. The largest absolute Gasteiger partial charge is 0.379 e. The van der Waals surface area contributed by atoms with Gasteiger partial charge >= 0.3 is 0 Å². The molecule has 1 aliphatic carbocycles. The molecule has 2 rings (SSSR count). The fourth-order valence-corrected chi connectivity index (χ4v) is 1.83. The van der Waals surface area contributed by atoms with Crippen LogP contribution in [0.2, 0.25) is 0 Å². The number of morpholine rings is 1. The summed E-state index contributed by atoms with van der Waals surface area (Å²) in [5, 5.41) is 0. The van der Waals surface area contributed by atoms with Gasteiger partial charge in [-0.05, 0) is 12.8 Å². The highest BCUT2D eigenvalue weighted by molar-refractivity contribution is 5.02. The third-order valence-electron chi connectivity index (χ3n) is 2.50. The molecule has 1 aliphatic heterocycles. The van der Waals surface area contributed by atoms with E-state index in [0.29, 0.717) is 0 Å². The topological polar surface area (TPSA) is 12.5 Å². The molecule has 1 heterocycles. The quantitative estimate of drug-likeness (QED) is 0.522. The van der Waals surface area contributed by atoms with Crippen LogP contribution < -0.4 is 0 Å². The third kappa shape index (κ3) is 1.63. The van der Waals surface area contributed by atoms with Crippen LogP contribution in [0, 0.1) is 0 Å². The minimum absolute atomic E-state index is 0.721. The molecule has 1 fully saturated rings. The smallest absolute Gasteiger partial charge is 0.0594 e. The van der Waals surface area contributed by atoms with Crippen molar-refractivity contribution in [1.29, 1.82) is 0 Å². The van der Waals surface area contributed by atoms with Crippen LogP contribution in [-0.4, -0.2) is 37.2 Å². The van der Waals surface area contributed by atoms with Crippen molar-refractivity contribution >= 4 is 0 Å². The molecule has 0 spiro atoms. The van der Waals surface area contributed by atoms with Crippen molar-refractivity contribution in [2.24, 2.45) is 0 Å². The molecule has 0 N–H and O–H groups in total. The van der Waals surface area contributed by atoms with Crippen LogP contribution in [0.5, 0.6) is 0 Å². The first-order valence-corrected chi connectivity index (χ1v) is 4.45. The zero-order chi connectivity index (χ0) is 7.52. The van der Waals surface area contributed by atoms with E-state index in [1.54, 1.807) is 0 Å². The van der Waals surface area contributed by atoms with Crippen LogP contribution in [0.4, 0.5) is 0 Å². The Morgan fingerprint density at radius 3 is 2.73 bits per heavy atom. The Kier molecular flexibility index (Phi) is 2.24. The zero-order valence-corrected chi connectivity index (χ0v) is 6.83. The van der Waals surface area contributed by atoms with Crippen LogP contribution in [0.3, 0.4) is 0 Å². The van der Waals surface area contributed by atoms with Crippen LogP contribution in [0.15, 0.2) is 12.2 Å². The molecule has 0 aromatic rings. The summed E-state index contributed by atoms with van der Waals surface area (Å²) in [6.45, 7) is 4.08. The van der Waals surface area contributed by atoms with E-state index in [4.69, 9.17) is 4.74 Å². The van der Waals surface area contributed by atoms with Gasteiger partial charge in [-0.1, -0.05) is 12.2 Å². The van der Waals surface area contributed by atoms with Crippen molar-refractivity contribution in [2.45, 2.75) is 18.9 Å². The van der Waals surface area contributed by atoms with Gasteiger partial charge in [0.05, 0.1) is 13.2 Å². The normalized spacial score (nSPS) is 32.9. The monoisotopic (exact) mass is 153 g/mol. The van der Waals surface area contributed by atoms with Gasteiger partial charge in [0.1, 0.15) is 0 Å². The van der Waals surface area contributed by atoms with Gasteiger partial charge in [-0.25, -0.2) is 0 Å². The van der Waals surface area contributed by atoms with Crippen LogP contribution in [0.1, 0.15) is 12.8 Å². The lowest BCUT2D eigenvalue weighted by atomic mass is 10.2. The summed E-state index contributed by atoms with van der Waals surface area (Å²) in [7, 11) is 0. The van der Waals surface area contributed by atoms with Crippen LogP contribution >= 0.6 is 0 Å². The van der Waals surface area contributed by atoms with E-state index in [1.165, 1.54) is 12.8 Å². The first kappa shape index (κ1) is 7.32. The van der Waals surface area contributed by atoms with E-state index < -0.39 is 0 Å². The molecule has 2 aliphatic rings. The summed E-state index contributed by atoms with van der Waals surface area (Å²) in [5.41, 5.74) is 0. The van der Waals surface area contributed by atoms with E-state index in [2.05, 4.69) is 17.1 Å². The zero-order valence-electron chi connectivity index (χ0n) is 6.83. The van der Waals surface area contributed by atoms with Gasteiger partial charge in [-0.15, -0.1) is 0 Å². The maximum atomic E-state index is 5.29. The van der Waals surface area contributed by atoms with E-state index >= 15 is 0 Å². The molecule has 11 heavy (non-hydrogen) atoms. The second-order valence-electron chi connectivity index (χ2n) is 3.22. The molecule has 1 saturated heterocycles. The van der Waals surface area contributed by atoms with Gasteiger partial charge in [0.15, 0.2) is 0 Å². The summed E-state index contributed by atoms with van der Waals surface area (Å²) in [6.07, 6.45) is 7.22. The predicted molar refractivity (Wildman–Crippen MR) is 44.6 cm³/mol. The Morgan fingerprint density at radius 1 is 1.27 bits per heavy atom. The molecule has 0 amide bonds. The molecule has 2 nitrogen and oxygen atoms in total. The van der Waals surface area contributed by atoms with Crippen molar-refractivity contribution in [3.63, 3.8) is 0 Å². The number of hydrogen-bond donors (Lipinski definition) is 0. The fourth-order valence-electron chi connectivity index (χ4n) is 1.83. The average molecular weight is 153 g/mol. The van der Waals surface area contributed by atoms with Crippen molar-refractivity contribution in [3.8, 4) is 0 Å². The minimum atomic E-state index is 0.721. The van der Waals surface area contributed by atoms with Gasteiger partial charge in [-0.2, -0.15) is 0 Å². The summed E-state index contributed by atoms with van der Waals surface area (Å²) in [5.74, 6) is 0. The maximum Gasteiger partial charge on any atom is 0.0594 e. The highest BCUT2D eigenvalue weighted by Gasteiger charge is 2.19. The van der Waals surface area contributed by atoms with Crippen molar-refractivity contribution in [2.75, 3.05) is 26.3 Å². The summed E-state index contributed by atoms with van der Waals surface area (Å²) in [6, 6.07) is 0.721. The molecule has 0 radical (unpaired) electrons. The Morgan fingerprint density at radius 2 is 2.09 bits per heavy atom. The summed E-state index contributed by atoms with van der Waals surface area (Å²) >= 11 is 0. The van der Waals surface area contributed by atoms with Crippen molar-refractivity contribution < 1.29 is 4.74 Å². The lowest BCUT2D eigenvalue weighted by Gasteiger charge is -2.31. The molecular weight excluding hydrogens is 138 g/mol. The Balaban J connectivity index is 1.87. The maximum absolute atomic E-state index is 5.29. The fraction of sp³-hybridized carbons (Fsp3) is 0.778. The molecule has 62 valence electrons. The first-order valence-electron chi connectivity index (χ1n) is 4.45. The Bertz CT molecular complexity index is 150. The van der Waals surface area contributed by atoms with Gasteiger partial charge < -0.3 is 4.74 Å². The molecule has 0 bridgehead atoms. The standard InChI is InChI=1S/C9H15NO/c1-2-4-9(3-1)10-5-7-11-8-6-10/h1,3,9H,2,4-8H2. The number of hydrogen-bond acceptors (Lipinski definition) is 2. The Hall–Kier alpha value is -0.340. The van der Waals surface area contributed by atoms with Crippen molar-refractivity contribution in [3.05, 3.63) is 12.2 Å². The first-order chi connectivity index (χ1) is 5.47. The highest BCUT2D eigenvalue weighted by Crippen LogP contribution is 2.16. The molecule has 1 atom stereocenters. The van der Waals surface area contributed by atoms with Gasteiger partial charge in [0.25, 0.3) is 0 Å². The van der Waals surface area contributed by atoms with E-state index in [0.717, 1.165) is 32.3 Å². The van der Waals surface area contributed by atoms with Crippen LogP contribution in [0.25, 0.3) is 0 Å². The van der Waals surface area contributed by atoms with Crippen molar-refractivity contribution in [1.82, 2.24) is 4.90 Å². The third-order valence-corrected chi connectivity index (χ3v) is 2.50. The van der Waals surface area contributed by atoms with Gasteiger partial charge in [0, 0.05) is 19.1 Å². The van der Waals surface area contributed by atoms with Gasteiger partial charge in [0.2, 0.25) is 0 Å².